The Balaban J connectivity index is 2.06. The molecule has 4 nitrogen and oxygen atoms in total. The summed E-state index contributed by atoms with van der Waals surface area (Å²) in [5, 5.41) is 4.74. The standard InChI is InChI=1S/C15H19N3O/c1-2-5-17-10-6-9-8-18-13-4-3-11(15(16)19)12(7-10)14(9)13/h3-4,8,10,17-18H,2,5-7H2,1H3,(H2,16,19). The lowest BCUT2D eigenvalue weighted by Crippen LogP contribution is -2.36. The first kappa shape index (κ1) is 12.2. The molecule has 0 bridgehead atoms. The third kappa shape index (κ3) is 2.02. The van der Waals surface area contributed by atoms with Gasteiger partial charge in [-0.2, -0.15) is 0 Å². The SMILES string of the molecule is CCCNC1Cc2c[nH]c3ccc(C(N)=O)c(c23)C1. The fourth-order valence-corrected chi connectivity index (χ4v) is 3.05. The number of amides is 1. The lowest BCUT2D eigenvalue weighted by atomic mass is 9.86. The molecule has 1 unspecified atom stereocenters. The summed E-state index contributed by atoms with van der Waals surface area (Å²) in [6, 6.07) is 4.18. The van der Waals surface area contributed by atoms with E-state index in [0.29, 0.717) is 11.6 Å². The van der Waals surface area contributed by atoms with E-state index in [2.05, 4.69) is 23.4 Å². The van der Waals surface area contributed by atoms with Gasteiger partial charge in [-0.25, -0.2) is 0 Å². The summed E-state index contributed by atoms with van der Waals surface area (Å²) in [6.07, 6.45) is 5.05. The number of carbonyl (C=O) groups is 1. The third-order valence-electron chi connectivity index (χ3n) is 3.90. The second-order valence-electron chi connectivity index (χ2n) is 5.25. The number of carbonyl (C=O) groups excluding carboxylic acids is 1. The van der Waals surface area contributed by atoms with Crippen LogP contribution < -0.4 is 11.1 Å². The molecule has 0 radical (unpaired) electrons. The second-order valence-corrected chi connectivity index (χ2v) is 5.25. The molecule has 0 fully saturated rings. The predicted molar refractivity (Wildman–Crippen MR) is 76.3 cm³/mol. The van der Waals surface area contributed by atoms with Crippen LogP contribution in [0.2, 0.25) is 0 Å². The molecule has 4 heteroatoms. The molecule has 100 valence electrons. The van der Waals surface area contributed by atoms with Crippen LogP contribution in [-0.4, -0.2) is 23.5 Å². The van der Waals surface area contributed by atoms with Crippen molar-refractivity contribution in [3.05, 3.63) is 35.0 Å². The zero-order valence-electron chi connectivity index (χ0n) is 11.1. The van der Waals surface area contributed by atoms with E-state index in [1.54, 1.807) is 0 Å². The minimum absolute atomic E-state index is 0.333. The number of nitrogens with two attached hydrogens (primary N) is 1. The highest BCUT2D eigenvalue weighted by atomic mass is 16.1. The highest BCUT2D eigenvalue weighted by molar-refractivity contribution is 6.01. The summed E-state index contributed by atoms with van der Waals surface area (Å²) < 4.78 is 0. The summed E-state index contributed by atoms with van der Waals surface area (Å²) in [5.74, 6) is -0.333. The quantitative estimate of drug-likeness (QED) is 0.780. The molecule has 1 aromatic carbocycles. The molecule has 19 heavy (non-hydrogen) atoms. The van der Waals surface area contributed by atoms with Gasteiger partial charge < -0.3 is 16.0 Å². The van der Waals surface area contributed by atoms with Crippen molar-refractivity contribution in [3.8, 4) is 0 Å². The Morgan fingerprint density at radius 1 is 1.47 bits per heavy atom. The number of nitrogens with one attached hydrogen (secondary N) is 2. The van der Waals surface area contributed by atoms with Gasteiger partial charge >= 0.3 is 0 Å². The second kappa shape index (κ2) is 4.70. The van der Waals surface area contributed by atoms with Crippen LogP contribution in [0.5, 0.6) is 0 Å². The van der Waals surface area contributed by atoms with Crippen LogP contribution >= 0.6 is 0 Å². The lowest BCUT2D eigenvalue weighted by molar-refractivity contribution is 0.0999. The predicted octanol–water partition coefficient (Wildman–Crippen LogP) is 1.73. The fourth-order valence-electron chi connectivity index (χ4n) is 3.05. The molecule has 2 aromatic rings. The molecule has 1 atom stereocenters. The summed E-state index contributed by atoms with van der Waals surface area (Å²) >= 11 is 0. The topological polar surface area (TPSA) is 70.9 Å². The van der Waals surface area contributed by atoms with Crippen molar-refractivity contribution >= 4 is 16.8 Å². The maximum atomic E-state index is 11.6. The van der Waals surface area contributed by atoms with E-state index < -0.39 is 0 Å². The number of rotatable bonds is 4. The number of aromatic nitrogens is 1. The van der Waals surface area contributed by atoms with Gasteiger partial charge in [-0.15, -0.1) is 0 Å². The minimum Gasteiger partial charge on any atom is -0.366 e. The smallest absolute Gasteiger partial charge is 0.249 e. The van der Waals surface area contributed by atoms with E-state index in [9.17, 15) is 4.79 Å². The lowest BCUT2D eigenvalue weighted by Gasteiger charge is -2.25. The molecular formula is C15H19N3O. The summed E-state index contributed by atoms with van der Waals surface area (Å²) in [7, 11) is 0. The molecule has 0 saturated carbocycles. The van der Waals surface area contributed by atoms with Crippen LogP contribution in [0, 0.1) is 0 Å². The Labute approximate surface area is 112 Å². The summed E-state index contributed by atoms with van der Waals surface area (Å²) in [4.78, 5) is 14.9. The Morgan fingerprint density at radius 2 is 2.32 bits per heavy atom. The average molecular weight is 257 g/mol. The van der Waals surface area contributed by atoms with Gasteiger partial charge in [-0.05, 0) is 49.1 Å². The monoisotopic (exact) mass is 257 g/mol. The maximum Gasteiger partial charge on any atom is 0.249 e. The molecule has 4 N–H and O–H groups in total. The molecule has 1 amide bonds. The van der Waals surface area contributed by atoms with E-state index in [1.807, 2.05) is 12.1 Å². The van der Waals surface area contributed by atoms with Crippen LogP contribution in [0.15, 0.2) is 18.3 Å². The van der Waals surface area contributed by atoms with E-state index in [4.69, 9.17) is 5.73 Å². The number of benzene rings is 1. The van der Waals surface area contributed by atoms with Crippen molar-refractivity contribution in [1.82, 2.24) is 10.3 Å². The van der Waals surface area contributed by atoms with Crippen LogP contribution in [0.1, 0.15) is 34.8 Å². The van der Waals surface area contributed by atoms with Crippen molar-refractivity contribution in [2.75, 3.05) is 6.54 Å². The van der Waals surface area contributed by atoms with Gasteiger partial charge in [0.15, 0.2) is 0 Å². The number of H-pyrrole nitrogens is 1. The minimum atomic E-state index is -0.333. The van der Waals surface area contributed by atoms with Crippen molar-refractivity contribution in [1.29, 1.82) is 0 Å². The zero-order chi connectivity index (χ0) is 13.4. The zero-order valence-corrected chi connectivity index (χ0v) is 11.1. The first-order valence-electron chi connectivity index (χ1n) is 6.85. The Hall–Kier alpha value is -1.81. The first-order chi connectivity index (χ1) is 9.20. The van der Waals surface area contributed by atoms with Gasteiger partial charge in [0.2, 0.25) is 5.91 Å². The van der Waals surface area contributed by atoms with Gasteiger partial charge in [0, 0.05) is 28.7 Å². The number of aromatic amines is 1. The van der Waals surface area contributed by atoms with Crippen LogP contribution in [-0.2, 0) is 12.8 Å². The number of primary amides is 1. The Kier molecular flexibility index (Phi) is 3.03. The normalized spacial score (nSPS) is 17.8. The van der Waals surface area contributed by atoms with E-state index >= 15 is 0 Å². The van der Waals surface area contributed by atoms with Crippen LogP contribution in [0.4, 0.5) is 0 Å². The van der Waals surface area contributed by atoms with Gasteiger partial charge in [-0.3, -0.25) is 4.79 Å². The van der Waals surface area contributed by atoms with Crippen molar-refractivity contribution < 1.29 is 4.79 Å². The van der Waals surface area contributed by atoms with Crippen molar-refractivity contribution in [3.63, 3.8) is 0 Å². The van der Waals surface area contributed by atoms with Crippen LogP contribution in [0.3, 0.4) is 0 Å². The number of hydrogen-bond donors (Lipinski definition) is 3. The summed E-state index contributed by atoms with van der Waals surface area (Å²) in [5.41, 5.74) is 9.65. The van der Waals surface area contributed by atoms with Crippen molar-refractivity contribution in [2.45, 2.75) is 32.2 Å². The maximum absolute atomic E-state index is 11.6. The molecule has 1 aromatic heterocycles. The van der Waals surface area contributed by atoms with Gasteiger partial charge in [0.25, 0.3) is 0 Å². The van der Waals surface area contributed by atoms with Gasteiger partial charge in [-0.1, -0.05) is 6.92 Å². The highest BCUT2D eigenvalue weighted by Crippen LogP contribution is 2.32. The fraction of sp³-hybridized carbons (Fsp3) is 0.400. The van der Waals surface area contributed by atoms with Crippen molar-refractivity contribution in [2.24, 2.45) is 5.73 Å². The molecule has 0 aliphatic heterocycles. The van der Waals surface area contributed by atoms with E-state index in [1.165, 1.54) is 10.9 Å². The van der Waals surface area contributed by atoms with Gasteiger partial charge in [0.05, 0.1) is 0 Å². The molecule has 0 spiro atoms. The van der Waals surface area contributed by atoms with Crippen LogP contribution in [0.25, 0.3) is 10.9 Å². The van der Waals surface area contributed by atoms with E-state index in [0.717, 1.165) is 36.9 Å². The molecule has 1 heterocycles. The number of hydrogen-bond acceptors (Lipinski definition) is 2. The Morgan fingerprint density at radius 3 is 3.05 bits per heavy atom. The highest BCUT2D eigenvalue weighted by Gasteiger charge is 2.24. The molecule has 1 aliphatic rings. The Bertz CT molecular complexity index is 630. The third-order valence-corrected chi connectivity index (χ3v) is 3.90. The largest absolute Gasteiger partial charge is 0.366 e. The van der Waals surface area contributed by atoms with Gasteiger partial charge in [0.1, 0.15) is 0 Å². The average Bonchev–Trinajstić information content (AvgIpc) is 2.81. The van der Waals surface area contributed by atoms with E-state index in [-0.39, 0.29) is 5.91 Å². The summed E-state index contributed by atoms with van der Waals surface area (Å²) in [6.45, 7) is 3.17. The first-order valence-corrected chi connectivity index (χ1v) is 6.85. The molecule has 3 rings (SSSR count). The molecule has 1 aliphatic carbocycles. The molecule has 0 saturated heterocycles. The molecular weight excluding hydrogens is 238 g/mol.